The second-order valence-corrected chi connectivity index (χ2v) is 8.38. The van der Waals surface area contributed by atoms with Gasteiger partial charge in [-0.3, -0.25) is 9.10 Å². The molecule has 2 aromatic carbocycles. The predicted molar refractivity (Wildman–Crippen MR) is 103 cm³/mol. The van der Waals surface area contributed by atoms with Crippen molar-refractivity contribution in [1.82, 2.24) is 10.2 Å². The van der Waals surface area contributed by atoms with Crippen molar-refractivity contribution in [1.29, 1.82) is 0 Å². The molecule has 0 radical (unpaired) electrons. The number of sulfonamides is 1. The third kappa shape index (κ3) is 4.23. The van der Waals surface area contributed by atoms with Gasteiger partial charge >= 0.3 is 0 Å². The zero-order valence-electron chi connectivity index (χ0n) is 15.3. The van der Waals surface area contributed by atoms with E-state index in [2.05, 4.69) is 5.32 Å². The molecule has 0 saturated heterocycles. The first-order chi connectivity index (χ1) is 12.9. The molecule has 0 bridgehead atoms. The van der Waals surface area contributed by atoms with Crippen LogP contribution < -0.4 is 14.4 Å². The fourth-order valence-electron chi connectivity index (χ4n) is 2.80. The van der Waals surface area contributed by atoms with E-state index in [0.717, 1.165) is 0 Å². The third-order valence-corrected chi connectivity index (χ3v) is 6.01. The molecule has 7 nitrogen and oxygen atoms in total. The third-order valence-electron chi connectivity index (χ3n) is 4.22. The zero-order chi connectivity index (χ0) is 19.4. The number of carbonyl (C=O) groups is 1. The Morgan fingerprint density at radius 2 is 1.81 bits per heavy atom. The molecule has 144 valence electrons. The minimum atomic E-state index is -3.81. The van der Waals surface area contributed by atoms with Crippen molar-refractivity contribution in [2.75, 3.05) is 38.0 Å². The molecular formula is C19H23N3O4S. The number of fused-ring (bicyclic) bond motifs is 1. The van der Waals surface area contributed by atoms with Gasteiger partial charge in [-0.15, -0.1) is 0 Å². The summed E-state index contributed by atoms with van der Waals surface area (Å²) < 4.78 is 33.3. The molecule has 0 aliphatic carbocycles. The lowest BCUT2D eigenvalue weighted by molar-refractivity contribution is -0.127. The van der Waals surface area contributed by atoms with E-state index in [9.17, 15) is 13.2 Å². The molecule has 0 spiro atoms. The van der Waals surface area contributed by atoms with E-state index in [1.165, 1.54) is 4.31 Å². The van der Waals surface area contributed by atoms with E-state index < -0.39 is 16.1 Å². The molecule has 1 aliphatic heterocycles. The molecular weight excluding hydrogens is 366 g/mol. The minimum absolute atomic E-state index is 0.0813. The molecule has 0 aromatic heterocycles. The van der Waals surface area contributed by atoms with Gasteiger partial charge in [-0.05, 0) is 38.4 Å². The summed E-state index contributed by atoms with van der Waals surface area (Å²) in [4.78, 5) is 14.6. The van der Waals surface area contributed by atoms with Crippen LogP contribution in [0.15, 0.2) is 59.5 Å². The van der Waals surface area contributed by atoms with Crippen molar-refractivity contribution >= 4 is 21.6 Å². The van der Waals surface area contributed by atoms with Crippen LogP contribution in [-0.2, 0) is 14.8 Å². The molecule has 3 rings (SSSR count). The van der Waals surface area contributed by atoms with Gasteiger partial charge in [0.1, 0.15) is 5.75 Å². The lowest BCUT2D eigenvalue weighted by Gasteiger charge is -2.34. The number of anilines is 1. The van der Waals surface area contributed by atoms with Gasteiger partial charge in [0.15, 0.2) is 6.10 Å². The number of nitrogens with one attached hydrogen (secondary N) is 1. The van der Waals surface area contributed by atoms with Crippen molar-refractivity contribution in [3.8, 4) is 5.75 Å². The Kier molecular flexibility index (Phi) is 5.67. The fourth-order valence-corrected chi connectivity index (χ4v) is 4.30. The maximum atomic E-state index is 13.2. The van der Waals surface area contributed by atoms with Gasteiger partial charge in [-0.1, -0.05) is 30.3 Å². The smallest absolute Gasteiger partial charge is 0.264 e. The van der Waals surface area contributed by atoms with Crippen molar-refractivity contribution in [2.45, 2.75) is 11.0 Å². The predicted octanol–water partition coefficient (Wildman–Crippen LogP) is 1.32. The summed E-state index contributed by atoms with van der Waals surface area (Å²) in [6.07, 6.45) is -0.916. The number of ether oxygens (including phenoxy) is 1. The summed E-state index contributed by atoms with van der Waals surface area (Å²) in [6.45, 7) is 1.06. The second kappa shape index (κ2) is 7.98. The largest absolute Gasteiger partial charge is 0.476 e. The molecule has 8 heteroatoms. The molecule has 1 aliphatic rings. The summed E-state index contributed by atoms with van der Waals surface area (Å²) in [5, 5.41) is 2.80. The van der Waals surface area contributed by atoms with Crippen LogP contribution in [-0.4, -0.2) is 59.1 Å². The van der Waals surface area contributed by atoms with E-state index in [-0.39, 0.29) is 17.3 Å². The average molecular weight is 389 g/mol. The Balaban J connectivity index is 1.88. The Labute approximate surface area is 159 Å². The van der Waals surface area contributed by atoms with Gasteiger partial charge in [0, 0.05) is 13.1 Å². The van der Waals surface area contributed by atoms with Crippen molar-refractivity contribution in [3.63, 3.8) is 0 Å². The van der Waals surface area contributed by atoms with Crippen LogP contribution in [0.3, 0.4) is 0 Å². The monoisotopic (exact) mass is 389 g/mol. The lowest BCUT2D eigenvalue weighted by atomic mass is 10.2. The van der Waals surface area contributed by atoms with Crippen LogP contribution in [0.25, 0.3) is 0 Å². The van der Waals surface area contributed by atoms with Gasteiger partial charge in [0.05, 0.1) is 17.1 Å². The number of hydrogen-bond donors (Lipinski definition) is 1. The normalized spacial score (nSPS) is 16.6. The summed E-state index contributed by atoms with van der Waals surface area (Å²) in [7, 11) is 0.0101. The Morgan fingerprint density at radius 1 is 1.15 bits per heavy atom. The minimum Gasteiger partial charge on any atom is -0.476 e. The van der Waals surface area contributed by atoms with Gasteiger partial charge in [0.2, 0.25) is 0 Å². The number of nitrogens with zero attached hydrogens (tertiary/aromatic N) is 2. The van der Waals surface area contributed by atoms with Crippen LogP contribution in [0.2, 0.25) is 0 Å². The quantitative estimate of drug-likeness (QED) is 0.806. The van der Waals surface area contributed by atoms with E-state index in [1.54, 1.807) is 54.6 Å². The number of rotatable bonds is 6. The van der Waals surface area contributed by atoms with Gasteiger partial charge in [0.25, 0.3) is 15.9 Å². The maximum Gasteiger partial charge on any atom is 0.264 e. The standard InChI is InChI=1S/C19H23N3O4S/c1-21(2)13-12-20-19(23)18-14-22(16-10-6-7-11-17(16)26-18)27(24,25)15-8-4-3-5-9-15/h3-11,18H,12-14H2,1-2H3,(H,20,23)/t18-/m1/s1. The average Bonchev–Trinajstić information content (AvgIpc) is 2.67. The summed E-state index contributed by atoms with van der Waals surface area (Å²) in [5.41, 5.74) is 0.429. The highest BCUT2D eigenvalue weighted by Crippen LogP contribution is 2.36. The number of carbonyl (C=O) groups excluding carboxylic acids is 1. The molecule has 0 fully saturated rings. The van der Waals surface area contributed by atoms with E-state index >= 15 is 0 Å². The topological polar surface area (TPSA) is 79.0 Å². The van der Waals surface area contributed by atoms with Crippen molar-refractivity contribution in [3.05, 3.63) is 54.6 Å². The molecule has 0 unspecified atom stereocenters. The van der Waals surface area contributed by atoms with Crippen LogP contribution in [0.1, 0.15) is 0 Å². The second-order valence-electron chi connectivity index (χ2n) is 6.52. The molecule has 0 saturated carbocycles. The number of para-hydroxylation sites is 2. The first-order valence-corrected chi connectivity index (χ1v) is 10.1. The van der Waals surface area contributed by atoms with E-state index in [4.69, 9.17) is 4.74 Å². The van der Waals surface area contributed by atoms with Crippen LogP contribution in [0, 0.1) is 0 Å². The Morgan fingerprint density at radius 3 is 2.52 bits per heavy atom. The van der Waals surface area contributed by atoms with Crippen molar-refractivity contribution in [2.24, 2.45) is 0 Å². The first kappa shape index (κ1) is 19.2. The van der Waals surface area contributed by atoms with Crippen molar-refractivity contribution < 1.29 is 17.9 Å². The fraction of sp³-hybridized carbons (Fsp3) is 0.316. The molecule has 1 N–H and O–H groups in total. The summed E-state index contributed by atoms with van der Waals surface area (Å²) in [5.74, 6) is 0.0376. The highest BCUT2D eigenvalue weighted by Gasteiger charge is 2.37. The number of likely N-dealkylation sites (N-methyl/N-ethyl adjacent to an activating group) is 1. The molecule has 1 amide bonds. The van der Waals surface area contributed by atoms with Crippen LogP contribution in [0.4, 0.5) is 5.69 Å². The van der Waals surface area contributed by atoms with Crippen LogP contribution in [0.5, 0.6) is 5.75 Å². The highest BCUT2D eigenvalue weighted by atomic mass is 32.2. The highest BCUT2D eigenvalue weighted by molar-refractivity contribution is 7.92. The van der Waals surface area contributed by atoms with Gasteiger partial charge < -0.3 is 15.0 Å². The number of hydrogen-bond acceptors (Lipinski definition) is 5. The Bertz CT molecular complexity index is 900. The zero-order valence-corrected chi connectivity index (χ0v) is 16.1. The summed E-state index contributed by atoms with van der Waals surface area (Å²) in [6, 6.07) is 15.0. The SMILES string of the molecule is CN(C)CCNC(=O)[C@H]1CN(S(=O)(=O)c2ccccc2)c2ccccc2O1. The lowest BCUT2D eigenvalue weighted by Crippen LogP contribution is -2.51. The number of amides is 1. The number of benzene rings is 2. The molecule has 27 heavy (non-hydrogen) atoms. The van der Waals surface area contributed by atoms with Crippen LogP contribution >= 0.6 is 0 Å². The van der Waals surface area contributed by atoms with E-state index in [1.807, 2.05) is 19.0 Å². The maximum absolute atomic E-state index is 13.2. The molecule has 1 atom stereocenters. The van der Waals surface area contributed by atoms with Gasteiger partial charge in [-0.25, -0.2) is 8.42 Å². The molecule has 1 heterocycles. The van der Waals surface area contributed by atoms with Gasteiger partial charge in [-0.2, -0.15) is 0 Å². The Hall–Kier alpha value is -2.58. The molecule has 2 aromatic rings. The van der Waals surface area contributed by atoms with E-state index in [0.29, 0.717) is 24.5 Å². The summed E-state index contributed by atoms with van der Waals surface area (Å²) >= 11 is 0. The first-order valence-electron chi connectivity index (χ1n) is 8.65.